The summed E-state index contributed by atoms with van der Waals surface area (Å²) in [6, 6.07) is 5.04. The summed E-state index contributed by atoms with van der Waals surface area (Å²) in [7, 11) is 0. The third-order valence-electron chi connectivity index (χ3n) is 3.47. The number of nitro benzene ring substituents is 1. The highest BCUT2D eigenvalue weighted by atomic mass is 16.6. The molecule has 1 N–H and O–H groups in total. The van der Waals surface area contributed by atoms with Crippen molar-refractivity contribution in [3.8, 4) is 0 Å². The molecule has 1 aromatic carbocycles. The molecule has 21 heavy (non-hydrogen) atoms. The van der Waals surface area contributed by atoms with Gasteiger partial charge in [-0.25, -0.2) is 0 Å². The van der Waals surface area contributed by atoms with Gasteiger partial charge in [-0.3, -0.25) is 10.1 Å². The van der Waals surface area contributed by atoms with Crippen LogP contribution in [0.25, 0.3) is 0 Å². The van der Waals surface area contributed by atoms with Crippen LogP contribution in [0.5, 0.6) is 0 Å². The number of rotatable bonds is 7. The molecule has 0 saturated carbocycles. The van der Waals surface area contributed by atoms with E-state index in [2.05, 4.69) is 5.32 Å². The first-order valence-corrected chi connectivity index (χ1v) is 7.41. The molecule has 0 radical (unpaired) electrons. The standard InChI is InChI=1S/C15H22N2O4/c1-2-16-14-9-12(6-7-15(14)17(18)19)10-20-11-13-5-3-4-8-21-13/h6-7,9,13,16H,2-5,8,10-11H2,1H3. The van der Waals surface area contributed by atoms with Gasteiger partial charge in [0.2, 0.25) is 0 Å². The molecule has 0 aromatic heterocycles. The maximum Gasteiger partial charge on any atom is 0.292 e. The average molecular weight is 294 g/mol. The summed E-state index contributed by atoms with van der Waals surface area (Å²) in [5.41, 5.74) is 1.56. The van der Waals surface area contributed by atoms with E-state index in [1.807, 2.05) is 6.92 Å². The predicted octanol–water partition coefficient (Wildman–Crippen LogP) is 3.11. The van der Waals surface area contributed by atoms with E-state index in [4.69, 9.17) is 9.47 Å². The quantitative estimate of drug-likeness (QED) is 0.618. The molecule has 1 aromatic rings. The summed E-state index contributed by atoms with van der Waals surface area (Å²) in [4.78, 5) is 10.6. The third-order valence-corrected chi connectivity index (χ3v) is 3.47. The van der Waals surface area contributed by atoms with E-state index in [1.165, 1.54) is 12.5 Å². The molecule has 6 nitrogen and oxygen atoms in total. The molecule has 1 atom stereocenters. The highest BCUT2D eigenvalue weighted by molar-refractivity contribution is 5.62. The van der Waals surface area contributed by atoms with E-state index in [-0.39, 0.29) is 16.7 Å². The van der Waals surface area contributed by atoms with Crippen molar-refractivity contribution in [1.82, 2.24) is 0 Å². The zero-order valence-electron chi connectivity index (χ0n) is 12.3. The van der Waals surface area contributed by atoms with Gasteiger partial charge in [0, 0.05) is 19.2 Å². The van der Waals surface area contributed by atoms with Crippen molar-refractivity contribution >= 4 is 11.4 Å². The number of hydrogen-bond acceptors (Lipinski definition) is 5. The number of nitrogens with one attached hydrogen (secondary N) is 1. The Bertz CT molecular complexity index is 473. The lowest BCUT2D eigenvalue weighted by atomic mass is 10.1. The van der Waals surface area contributed by atoms with Gasteiger partial charge >= 0.3 is 0 Å². The summed E-state index contributed by atoms with van der Waals surface area (Å²) in [5.74, 6) is 0. The van der Waals surface area contributed by atoms with E-state index in [1.54, 1.807) is 12.1 Å². The van der Waals surface area contributed by atoms with Gasteiger partial charge in [0.1, 0.15) is 5.69 Å². The Hall–Kier alpha value is -1.66. The first-order valence-electron chi connectivity index (χ1n) is 7.41. The molecule has 1 aliphatic heterocycles. The van der Waals surface area contributed by atoms with Crippen molar-refractivity contribution < 1.29 is 14.4 Å². The maximum absolute atomic E-state index is 10.9. The summed E-state index contributed by atoms with van der Waals surface area (Å²) >= 11 is 0. The van der Waals surface area contributed by atoms with Crippen LogP contribution in [0.2, 0.25) is 0 Å². The Morgan fingerprint density at radius 3 is 3.00 bits per heavy atom. The molecule has 1 fully saturated rings. The molecule has 0 aliphatic carbocycles. The molecule has 0 spiro atoms. The van der Waals surface area contributed by atoms with Gasteiger partial charge < -0.3 is 14.8 Å². The van der Waals surface area contributed by atoms with E-state index < -0.39 is 0 Å². The second kappa shape index (κ2) is 7.95. The molecule has 6 heteroatoms. The monoisotopic (exact) mass is 294 g/mol. The highest BCUT2D eigenvalue weighted by Gasteiger charge is 2.15. The molecular weight excluding hydrogens is 272 g/mol. The van der Waals surface area contributed by atoms with Crippen molar-refractivity contribution in [2.45, 2.75) is 38.9 Å². The van der Waals surface area contributed by atoms with Crippen molar-refractivity contribution in [3.63, 3.8) is 0 Å². The van der Waals surface area contributed by atoms with Gasteiger partial charge in [0.25, 0.3) is 5.69 Å². The van der Waals surface area contributed by atoms with Crippen molar-refractivity contribution in [2.75, 3.05) is 25.1 Å². The summed E-state index contributed by atoms with van der Waals surface area (Å²) in [6.07, 6.45) is 3.55. The maximum atomic E-state index is 10.9. The smallest absolute Gasteiger partial charge is 0.292 e. The van der Waals surface area contributed by atoms with Gasteiger partial charge in [-0.15, -0.1) is 0 Å². The lowest BCUT2D eigenvalue weighted by molar-refractivity contribution is -0.384. The average Bonchev–Trinajstić information content (AvgIpc) is 2.49. The minimum absolute atomic E-state index is 0.0937. The molecule has 1 unspecified atom stereocenters. The molecular formula is C15H22N2O4. The van der Waals surface area contributed by atoms with Crippen LogP contribution in [0, 0.1) is 10.1 Å². The minimum Gasteiger partial charge on any atom is -0.380 e. The van der Waals surface area contributed by atoms with Crippen LogP contribution in [0.3, 0.4) is 0 Å². The van der Waals surface area contributed by atoms with Crippen molar-refractivity contribution in [2.24, 2.45) is 0 Å². The first-order chi connectivity index (χ1) is 10.2. The minimum atomic E-state index is -0.376. The van der Waals surface area contributed by atoms with Crippen LogP contribution in [0.1, 0.15) is 31.7 Å². The van der Waals surface area contributed by atoms with Crippen molar-refractivity contribution in [1.29, 1.82) is 0 Å². The molecule has 0 bridgehead atoms. The number of ether oxygens (including phenoxy) is 2. The molecule has 1 aliphatic rings. The topological polar surface area (TPSA) is 73.6 Å². The van der Waals surface area contributed by atoms with Crippen LogP contribution in [0.15, 0.2) is 18.2 Å². The highest BCUT2D eigenvalue weighted by Crippen LogP contribution is 2.25. The third kappa shape index (κ3) is 4.68. The van der Waals surface area contributed by atoms with Crippen LogP contribution in [0.4, 0.5) is 11.4 Å². The van der Waals surface area contributed by atoms with E-state index >= 15 is 0 Å². The number of nitro groups is 1. The fourth-order valence-electron chi connectivity index (χ4n) is 2.41. The lowest BCUT2D eigenvalue weighted by Crippen LogP contribution is -2.24. The Morgan fingerprint density at radius 1 is 1.48 bits per heavy atom. The molecule has 1 saturated heterocycles. The second-order valence-corrected chi connectivity index (χ2v) is 5.14. The van der Waals surface area contributed by atoms with Gasteiger partial charge in [0.05, 0.1) is 24.2 Å². The van der Waals surface area contributed by atoms with E-state index in [0.717, 1.165) is 25.0 Å². The Kier molecular flexibility index (Phi) is 5.95. The van der Waals surface area contributed by atoms with Crippen LogP contribution in [-0.4, -0.2) is 30.8 Å². The second-order valence-electron chi connectivity index (χ2n) is 5.14. The largest absolute Gasteiger partial charge is 0.380 e. The molecule has 116 valence electrons. The summed E-state index contributed by atoms with van der Waals surface area (Å²) < 4.78 is 11.3. The van der Waals surface area contributed by atoms with Crippen LogP contribution >= 0.6 is 0 Å². The van der Waals surface area contributed by atoms with Crippen LogP contribution in [-0.2, 0) is 16.1 Å². The summed E-state index contributed by atoms with van der Waals surface area (Å²) in [6.45, 7) is 4.38. The molecule has 2 rings (SSSR count). The number of benzene rings is 1. The number of anilines is 1. The Morgan fingerprint density at radius 2 is 2.33 bits per heavy atom. The Balaban J connectivity index is 1.90. The first kappa shape index (κ1) is 15.7. The van der Waals surface area contributed by atoms with Gasteiger partial charge in [-0.05, 0) is 43.9 Å². The van der Waals surface area contributed by atoms with Crippen LogP contribution < -0.4 is 5.32 Å². The number of hydrogen-bond donors (Lipinski definition) is 1. The van der Waals surface area contributed by atoms with Gasteiger partial charge in [-0.1, -0.05) is 0 Å². The Labute approximate surface area is 124 Å². The molecule has 0 amide bonds. The van der Waals surface area contributed by atoms with E-state index in [0.29, 0.717) is 25.4 Å². The fraction of sp³-hybridized carbons (Fsp3) is 0.600. The van der Waals surface area contributed by atoms with Crippen molar-refractivity contribution in [3.05, 3.63) is 33.9 Å². The summed E-state index contributed by atoms with van der Waals surface area (Å²) in [5, 5.41) is 14.0. The fourth-order valence-corrected chi connectivity index (χ4v) is 2.41. The lowest BCUT2D eigenvalue weighted by Gasteiger charge is -2.22. The number of nitrogens with zero attached hydrogens (tertiary/aromatic N) is 1. The predicted molar refractivity (Wildman–Crippen MR) is 80.5 cm³/mol. The zero-order chi connectivity index (χ0) is 15.1. The van der Waals surface area contributed by atoms with Gasteiger partial charge in [0.15, 0.2) is 0 Å². The normalized spacial score (nSPS) is 18.4. The molecule has 1 heterocycles. The zero-order valence-corrected chi connectivity index (χ0v) is 12.3. The van der Waals surface area contributed by atoms with E-state index in [9.17, 15) is 10.1 Å². The SMILES string of the molecule is CCNc1cc(COCC2CCCCO2)ccc1[N+](=O)[O-]. The van der Waals surface area contributed by atoms with Gasteiger partial charge in [-0.2, -0.15) is 0 Å².